The Balaban J connectivity index is 1.21. The number of azo groups is 3. The molecule has 0 saturated carbocycles. The van der Waals surface area contributed by atoms with E-state index in [1.54, 1.807) is 91.0 Å². The van der Waals surface area contributed by atoms with Crippen LogP contribution in [0.1, 0.15) is 0 Å². The molecule has 0 spiro atoms. The summed E-state index contributed by atoms with van der Waals surface area (Å²) in [6.07, 6.45) is 0. The maximum atomic E-state index is 12.5. The zero-order chi connectivity index (χ0) is 39.1. The number of aromatic hydroxyl groups is 1. The molecule has 0 saturated heterocycles. The molecule has 0 aliphatic heterocycles. The van der Waals surface area contributed by atoms with Crippen molar-refractivity contribution in [3.63, 3.8) is 0 Å². The van der Waals surface area contributed by atoms with Gasteiger partial charge in [-0.2, -0.15) is 32.2 Å². The molecule has 276 valence electrons. The number of nitrogens with two attached hydrogens (primary N) is 3. The van der Waals surface area contributed by atoms with E-state index in [9.17, 15) is 31.0 Å². The van der Waals surface area contributed by atoms with Crippen molar-refractivity contribution in [2.24, 2.45) is 30.7 Å². The van der Waals surface area contributed by atoms with Gasteiger partial charge in [-0.1, -0.05) is 18.2 Å². The van der Waals surface area contributed by atoms with E-state index in [1.807, 2.05) is 0 Å². The molecule has 7 aromatic rings. The van der Waals surface area contributed by atoms with Crippen LogP contribution in [-0.4, -0.2) is 41.0 Å². The van der Waals surface area contributed by atoms with Gasteiger partial charge in [0.25, 0.3) is 20.2 Å². The topological polar surface area (TPSA) is 310 Å². The van der Waals surface area contributed by atoms with E-state index in [2.05, 4.69) is 40.7 Å². The Hall–Kier alpha value is -7.13. The Morgan fingerprint density at radius 3 is 1.87 bits per heavy atom. The van der Waals surface area contributed by atoms with E-state index < -0.39 is 52.8 Å². The number of anilines is 3. The van der Waals surface area contributed by atoms with Crippen LogP contribution in [-0.2, 0) is 20.2 Å². The minimum atomic E-state index is -5.05. The molecule has 0 aliphatic carbocycles. The SMILES string of the molecule is Nc1ccc(N=Nc2ccc3[nH]c(-c4ccc(N=Nc5c(S(=O)(=O)O)cc6cc(S(=O)(=O)O)c(N=Nc7ccccc7)c(O)c6c5N)cc4)nc3c2)c(N)c1. The summed E-state index contributed by atoms with van der Waals surface area (Å²) in [5.74, 6) is -0.347. The van der Waals surface area contributed by atoms with Crippen molar-refractivity contribution < 1.29 is 31.0 Å². The van der Waals surface area contributed by atoms with Crippen molar-refractivity contribution in [3.8, 4) is 17.1 Å². The summed E-state index contributed by atoms with van der Waals surface area (Å²) in [5, 5.41) is 34.9. The predicted molar refractivity (Wildman–Crippen MR) is 205 cm³/mol. The number of aromatic amines is 1. The highest BCUT2D eigenvalue weighted by molar-refractivity contribution is 7.86. The zero-order valence-corrected chi connectivity index (χ0v) is 29.6. The Kier molecular flexibility index (Phi) is 9.24. The molecule has 10 N–H and O–H groups in total. The van der Waals surface area contributed by atoms with E-state index in [1.165, 1.54) is 0 Å². The fourth-order valence-corrected chi connectivity index (χ4v) is 6.80. The Bertz CT molecular complexity index is 2970. The van der Waals surface area contributed by atoms with Gasteiger partial charge in [-0.15, -0.1) is 15.3 Å². The second-order valence-electron chi connectivity index (χ2n) is 11.8. The first-order chi connectivity index (χ1) is 26.2. The summed E-state index contributed by atoms with van der Waals surface area (Å²) in [5.41, 5.74) is 20.7. The molecular formula is C35H27N11O7S2. The zero-order valence-electron chi connectivity index (χ0n) is 28.0. The van der Waals surface area contributed by atoms with Gasteiger partial charge in [0.15, 0.2) is 5.75 Å². The van der Waals surface area contributed by atoms with Crippen LogP contribution < -0.4 is 17.2 Å². The first-order valence-electron chi connectivity index (χ1n) is 15.8. The van der Waals surface area contributed by atoms with Gasteiger partial charge in [0, 0.05) is 11.3 Å². The molecule has 0 atom stereocenters. The van der Waals surface area contributed by atoms with Gasteiger partial charge < -0.3 is 27.3 Å². The standard InChI is InChI=1S/C35H27N11O7S2/c36-20-8-12-25(24(37)16-20)44-43-23-11-13-26-27(17-23)40-35(39-26)18-6-9-22(10-7-18)42-45-32-28(54(48,49)50)14-19-15-29(55(51,52)53)33(34(47)30(19)31(32)38)46-41-21-4-2-1-3-5-21/h1-17,47H,36-38H2,(H,39,40)(H,48,49,50)(H,51,52,53). The Labute approximate surface area is 311 Å². The summed E-state index contributed by atoms with van der Waals surface area (Å²) in [7, 11) is -10.1. The lowest BCUT2D eigenvalue weighted by molar-refractivity contribution is 0.472. The van der Waals surface area contributed by atoms with Crippen LogP contribution in [0.3, 0.4) is 0 Å². The fourth-order valence-electron chi connectivity index (χ4n) is 5.47. The first kappa shape index (κ1) is 36.2. The number of fused-ring (bicyclic) bond motifs is 2. The van der Waals surface area contributed by atoms with Crippen LogP contribution in [0.15, 0.2) is 144 Å². The van der Waals surface area contributed by atoms with Crippen molar-refractivity contribution in [2.45, 2.75) is 9.79 Å². The van der Waals surface area contributed by atoms with Crippen LogP contribution in [0, 0.1) is 0 Å². The smallest absolute Gasteiger partial charge is 0.296 e. The number of imidazole rings is 1. The van der Waals surface area contributed by atoms with Gasteiger partial charge in [0.05, 0.1) is 44.9 Å². The molecule has 0 aliphatic rings. The molecule has 20 heteroatoms. The Morgan fingerprint density at radius 1 is 0.618 bits per heavy atom. The van der Waals surface area contributed by atoms with Crippen LogP contribution in [0.4, 0.5) is 51.2 Å². The van der Waals surface area contributed by atoms with Gasteiger partial charge in [0.2, 0.25) is 0 Å². The fraction of sp³-hybridized carbons (Fsp3) is 0. The number of nitrogens with zero attached hydrogens (tertiary/aromatic N) is 7. The summed E-state index contributed by atoms with van der Waals surface area (Å²) in [6, 6.07) is 26.5. The molecule has 0 unspecified atom stereocenters. The van der Waals surface area contributed by atoms with E-state index in [0.717, 1.165) is 17.6 Å². The number of nitrogens with one attached hydrogen (secondary N) is 1. The van der Waals surface area contributed by atoms with E-state index >= 15 is 0 Å². The second kappa shape index (κ2) is 14.0. The summed E-state index contributed by atoms with van der Waals surface area (Å²) in [4.78, 5) is 6.11. The van der Waals surface area contributed by atoms with Crippen molar-refractivity contribution in [2.75, 3.05) is 17.2 Å². The number of aromatic nitrogens is 2. The van der Waals surface area contributed by atoms with Crippen LogP contribution >= 0.6 is 0 Å². The van der Waals surface area contributed by atoms with Gasteiger partial charge >= 0.3 is 0 Å². The maximum absolute atomic E-state index is 12.5. The highest BCUT2D eigenvalue weighted by Gasteiger charge is 2.28. The van der Waals surface area contributed by atoms with E-state index in [0.29, 0.717) is 39.7 Å². The van der Waals surface area contributed by atoms with Crippen molar-refractivity contribution in [1.29, 1.82) is 0 Å². The van der Waals surface area contributed by atoms with Crippen LogP contribution in [0.25, 0.3) is 33.2 Å². The third-order valence-corrected chi connectivity index (χ3v) is 9.82. The second-order valence-corrected chi connectivity index (χ2v) is 14.6. The number of hydrogen-bond acceptors (Lipinski definition) is 15. The quantitative estimate of drug-likeness (QED) is 0.0413. The summed E-state index contributed by atoms with van der Waals surface area (Å²) >= 11 is 0. The molecule has 0 amide bonds. The number of H-pyrrole nitrogens is 1. The number of hydrogen-bond donors (Lipinski definition) is 7. The number of rotatable bonds is 9. The summed E-state index contributed by atoms with van der Waals surface area (Å²) < 4.78 is 69.6. The third kappa shape index (κ3) is 7.54. The van der Waals surface area contributed by atoms with E-state index in [4.69, 9.17) is 17.2 Å². The number of nitrogen functional groups attached to an aromatic ring is 3. The third-order valence-electron chi connectivity index (χ3n) is 8.09. The maximum Gasteiger partial charge on any atom is 0.296 e. The lowest BCUT2D eigenvalue weighted by Gasteiger charge is -2.14. The largest absolute Gasteiger partial charge is 0.505 e. The average Bonchev–Trinajstić information content (AvgIpc) is 3.57. The highest BCUT2D eigenvalue weighted by atomic mass is 32.2. The van der Waals surface area contributed by atoms with Crippen molar-refractivity contribution in [3.05, 3.63) is 103 Å². The minimum absolute atomic E-state index is 0.230. The molecule has 7 rings (SSSR count). The van der Waals surface area contributed by atoms with Gasteiger partial charge in [0.1, 0.15) is 32.7 Å². The lowest BCUT2D eigenvalue weighted by atomic mass is 10.1. The lowest BCUT2D eigenvalue weighted by Crippen LogP contribution is -2.03. The molecule has 1 heterocycles. The molecule has 18 nitrogen and oxygen atoms in total. The van der Waals surface area contributed by atoms with Gasteiger partial charge in [-0.25, -0.2) is 4.98 Å². The number of phenols is 1. The molecule has 6 aromatic carbocycles. The van der Waals surface area contributed by atoms with Gasteiger partial charge in [-0.05, 0) is 90.3 Å². The van der Waals surface area contributed by atoms with Gasteiger partial charge in [-0.3, -0.25) is 9.11 Å². The molecule has 55 heavy (non-hydrogen) atoms. The molecule has 0 bridgehead atoms. The predicted octanol–water partition coefficient (Wildman–Crippen LogP) is 8.57. The number of benzene rings is 6. The molecule has 0 radical (unpaired) electrons. The van der Waals surface area contributed by atoms with Crippen LogP contribution in [0.5, 0.6) is 5.75 Å². The normalized spacial score (nSPS) is 12.5. The molecule has 0 fully saturated rings. The molecule has 1 aromatic heterocycles. The minimum Gasteiger partial charge on any atom is -0.505 e. The monoisotopic (exact) mass is 777 g/mol. The first-order valence-corrected chi connectivity index (χ1v) is 18.7. The van der Waals surface area contributed by atoms with E-state index in [-0.39, 0.29) is 22.1 Å². The Morgan fingerprint density at radius 2 is 1.22 bits per heavy atom. The van der Waals surface area contributed by atoms with Crippen molar-refractivity contribution >= 4 is 93.2 Å². The molecular weight excluding hydrogens is 751 g/mol. The number of phenolic OH excluding ortho intramolecular Hbond substituents is 1. The van der Waals surface area contributed by atoms with Crippen LogP contribution in [0.2, 0.25) is 0 Å². The highest BCUT2D eigenvalue weighted by Crippen LogP contribution is 2.48. The van der Waals surface area contributed by atoms with Crippen molar-refractivity contribution in [1.82, 2.24) is 9.97 Å². The summed E-state index contributed by atoms with van der Waals surface area (Å²) in [6.45, 7) is 0. The average molecular weight is 778 g/mol.